The molecule has 0 spiro atoms. The highest BCUT2D eigenvalue weighted by molar-refractivity contribution is 5.77. The normalized spacial score (nSPS) is 29.3. The minimum Gasteiger partial charge on any atom is -0.468 e. The third-order valence-electron chi connectivity index (χ3n) is 3.77. The van der Waals surface area contributed by atoms with Gasteiger partial charge in [0.2, 0.25) is 0 Å². The van der Waals surface area contributed by atoms with Crippen LogP contribution in [0, 0.1) is 0 Å². The molecule has 96 valence electrons. The topological polar surface area (TPSA) is 41.6 Å². The Kier molecular flexibility index (Phi) is 2.47. The third-order valence-corrected chi connectivity index (χ3v) is 3.77. The van der Waals surface area contributed by atoms with E-state index < -0.39 is 5.72 Å². The second kappa shape index (κ2) is 3.90. The second-order valence-electron chi connectivity index (χ2n) is 5.17. The number of fused-ring (bicyclic) bond motifs is 4. The predicted molar refractivity (Wildman–Crippen MR) is 68.4 cm³/mol. The zero-order valence-electron chi connectivity index (χ0n) is 10.8. The molecule has 3 rings (SSSR count). The van der Waals surface area contributed by atoms with Crippen LogP contribution in [0.4, 0.5) is 4.79 Å². The molecule has 1 N–H and O–H groups in total. The molecule has 2 bridgehead atoms. The Bertz CT molecular complexity index is 488. The van der Waals surface area contributed by atoms with Gasteiger partial charge in [-0.1, -0.05) is 25.1 Å². The van der Waals surface area contributed by atoms with Crippen LogP contribution in [0.5, 0.6) is 5.75 Å². The van der Waals surface area contributed by atoms with Gasteiger partial charge in [0, 0.05) is 18.5 Å². The molecule has 2 unspecified atom stereocenters. The first kappa shape index (κ1) is 11.4. The molecule has 2 amide bonds. The first-order valence-electron chi connectivity index (χ1n) is 6.50. The lowest BCUT2D eigenvalue weighted by atomic mass is 9.90. The number of ether oxygens (including phenoxy) is 1. The molecule has 18 heavy (non-hydrogen) atoms. The molecule has 1 aromatic rings. The predicted octanol–water partition coefficient (Wildman–Crippen LogP) is 2.66. The summed E-state index contributed by atoms with van der Waals surface area (Å²) in [5.41, 5.74) is 0.566. The Labute approximate surface area is 107 Å². The maximum Gasteiger partial charge on any atom is 0.320 e. The minimum absolute atomic E-state index is 0.0231. The monoisotopic (exact) mass is 246 g/mol. The number of carbonyl (C=O) groups is 1. The van der Waals surface area contributed by atoms with Crippen molar-refractivity contribution in [2.75, 3.05) is 6.54 Å². The smallest absolute Gasteiger partial charge is 0.320 e. The minimum atomic E-state index is -0.517. The van der Waals surface area contributed by atoms with Crippen molar-refractivity contribution in [1.82, 2.24) is 10.2 Å². The fourth-order valence-electron chi connectivity index (χ4n) is 2.93. The number of urea groups is 1. The number of amides is 2. The fourth-order valence-corrected chi connectivity index (χ4v) is 2.93. The highest BCUT2D eigenvalue weighted by Crippen LogP contribution is 2.43. The molecule has 2 aliphatic rings. The van der Waals surface area contributed by atoms with E-state index in [1.165, 1.54) is 0 Å². The average molecular weight is 246 g/mol. The summed E-state index contributed by atoms with van der Waals surface area (Å²) >= 11 is 0. The molecule has 1 aromatic carbocycles. The SMILES string of the molecule is CCCN1C(=O)NC2CC1(C)Oc1ccccc12. The van der Waals surface area contributed by atoms with Crippen LogP contribution in [0.1, 0.15) is 38.3 Å². The van der Waals surface area contributed by atoms with E-state index in [1.54, 1.807) is 4.90 Å². The summed E-state index contributed by atoms with van der Waals surface area (Å²) in [5, 5.41) is 3.07. The van der Waals surface area contributed by atoms with E-state index in [2.05, 4.69) is 12.2 Å². The van der Waals surface area contributed by atoms with E-state index in [9.17, 15) is 4.79 Å². The molecule has 0 aromatic heterocycles. The Morgan fingerprint density at radius 1 is 1.50 bits per heavy atom. The number of para-hydroxylation sites is 1. The van der Waals surface area contributed by atoms with Crippen molar-refractivity contribution < 1.29 is 9.53 Å². The molecule has 4 nitrogen and oxygen atoms in total. The van der Waals surface area contributed by atoms with E-state index in [-0.39, 0.29) is 12.1 Å². The molecule has 1 saturated heterocycles. The zero-order valence-corrected chi connectivity index (χ0v) is 10.8. The third kappa shape index (κ3) is 1.55. The maximum atomic E-state index is 12.1. The van der Waals surface area contributed by atoms with E-state index in [1.807, 2.05) is 31.2 Å². The summed E-state index contributed by atoms with van der Waals surface area (Å²) in [5.74, 6) is 0.886. The van der Waals surface area contributed by atoms with Gasteiger partial charge in [-0.15, -0.1) is 0 Å². The second-order valence-corrected chi connectivity index (χ2v) is 5.17. The van der Waals surface area contributed by atoms with Crippen LogP contribution in [-0.2, 0) is 0 Å². The van der Waals surface area contributed by atoms with Crippen LogP contribution in [0.2, 0.25) is 0 Å². The molecular formula is C14H18N2O2. The van der Waals surface area contributed by atoms with Crippen molar-refractivity contribution in [3.05, 3.63) is 29.8 Å². The molecule has 1 fully saturated rings. The zero-order chi connectivity index (χ0) is 12.8. The van der Waals surface area contributed by atoms with Crippen LogP contribution >= 0.6 is 0 Å². The van der Waals surface area contributed by atoms with Crippen LogP contribution in [0.3, 0.4) is 0 Å². The lowest BCUT2D eigenvalue weighted by Crippen LogP contribution is -2.64. The highest BCUT2D eigenvalue weighted by atomic mass is 16.5. The van der Waals surface area contributed by atoms with Crippen LogP contribution in [-0.4, -0.2) is 23.2 Å². The van der Waals surface area contributed by atoms with Crippen molar-refractivity contribution in [2.24, 2.45) is 0 Å². The van der Waals surface area contributed by atoms with Gasteiger partial charge in [-0.3, -0.25) is 4.90 Å². The van der Waals surface area contributed by atoms with Gasteiger partial charge >= 0.3 is 6.03 Å². The Balaban J connectivity index is 2.02. The Morgan fingerprint density at radius 3 is 3.06 bits per heavy atom. The molecule has 0 radical (unpaired) electrons. The highest BCUT2D eigenvalue weighted by Gasteiger charge is 2.48. The van der Waals surface area contributed by atoms with Crippen LogP contribution in [0.15, 0.2) is 24.3 Å². The van der Waals surface area contributed by atoms with Gasteiger partial charge in [-0.25, -0.2) is 4.79 Å². The summed E-state index contributed by atoms with van der Waals surface area (Å²) < 4.78 is 6.09. The molecule has 0 aliphatic carbocycles. The number of hydrogen-bond acceptors (Lipinski definition) is 2. The number of benzene rings is 1. The summed E-state index contributed by atoms with van der Waals surface area (Å²) in [6.07, 6.45) is 1.73. The Morgan fingerprint density at radius 2 is 2.28 bits per heavy atom. The maximum absolute atomic E-state index is 12.1. The van der Waals surface area contributed by atoms with Crippen molar-refractivity contribution in [2.45, 2.75) is 38.5 Å². The summed E-state index contributed by atoms with van der Waals surface area (Å²) in [4.78, 5) is 14.0. The van der Waals surface area contributed by atoms with Gasteiger partial charge in [-0.05, 0) is 19.4 Å². The van der Waals surface area contributed by atoms with E-state index in [4.69, 9.17) is 4.74 Å². The molecule has 2 aliphatic heterocycles. The first-order valence-corrected chi connectivity index (χ1v) is 6.50. The van der Waals surface area contributed by atoms with Crippen LogP contribution in [0.25, 0.3) is 0 Å². The number of rotatable bonds is 2. The number of nitrogens with one attached hydrogen (secondary N) is 1. The van der Waals surface area contributed by atoms with Crippen molar-refractivity contribution in [3.63, 3.8) is 0 Å². The quantitative estimate of drug-likeness (QED) is 0.871. The lowest BCUT2D eigenvalue weighted by molar-refractivity contribution is -0.0836. The number of carbonyl (C=O) groups excluding carboxylic acids is 1. The molecule has 2 atom stereocenters. The average Bonchev–Trinajstić information content (AvgIpc) is 2.34. The van der Waals surface area contributed by atoms with Gasteiger partial charge in [0.15, 0.2) is 5.72 Å². The van der Waals surface area contributed by atoms with Crippen LogP contribution < -0.4 is 10.1 Å². The van der Waals surface area contributed by atoms with Gasteiger partial charge in [0.1, 0.15) is 5.75 Å². The van der Waals surface area contributed by atoms with Crippen molar-refractivity contribution in [3.8, 4) is 5.75 Å². The van der Waals surface area contributed by atoms with Gasteiger partial charge in [0.05, 0.1) is 6.04 Å². The van der Waals surface area contributed by atoms with E-state index >= 15 is 0 Å². The molecule has 2 heterocycles. The largest absolute Gasteiger partial charge is 0.468 e. The number of hydrogen-bond donors (Lipinski definition) is 1. The summed E-state index contributed by atoms with van der Waals surface area (Å²) in [7, 11) is 0. The van der Waals surface area contributed by atoms with E-state index in [0.717, 1.165) is 30.7 Å². The standard InChI is InChI=1S/C14H18N2O2/c1-3-8-16-13(17)15-11-9-14(16,2)18-12-7-5-4-6-10(11)12/h4-7,11H,3,8-9H2,1-2H3,(H,15,17). The molecule has 0 saturated carbocycles. The first-order chi connectivity index (χ1) is 8.64. The lowest BCUT2D eigenvalue weighted by Gasteiger charge is -2.50. The fraction of sp³-hybridized carbons (Fsp3) is 0.500. The summed E-state index contributed by atoms with van der Waals surface area (Å²) in [6, 6.07) is 7.99. The van der Waals surface area contributed by atoms with Gasteiger partial charge in [0.25, 0.3) is 0 Å². The van der Waals surface area contributed by atoms with E-state index in [0.29, 0.717) is 0 Å². The molecule has 4 heteroatoms. The van der Waals surface area contributed by atoms with Gasteiger partial charge in [-0.2, -0.15) is 0 Å². The van der Waals surface area contributed by atoms with Gasteiger partial charge < -0.3 is 10.1 Å². The van der Waals surface area contributed by atoms with Crippen molar-refractivity contribution >= 4 is 6.03 Å². The molecular weight excluding hydrogens is 228 g/mol. The Hall–Kier alpha value is -1.71. The summed E-state index contributed by atoms with van der Waals surface area (Å²) in [6.45, 7) is 4.79. The van der Waals surface area contributed by atoms with Crippen molar-refractivity contribution in [1.29, 1.82) is 0 Å². The number of nitrogens with zero attached hydrogens (tertiary/aromatic N) is 1.